The predicted molar refractivity (Wildman–Crippen MR) is 105 cm³/mol. The Morgan fingerprint density at radius 2 is 1.63 bits per heavy atom. The van der Waals surface area contributed by atoms with E-state index in [0.717, 1.165) is 24.3 Å². The summed E-state index contributed by atoms with van der Waals surface area (Å²) in [7, 11) is 0. The van der Waals surface area contributed by atoms with E-state index in [0.29, 0.717) is 9.13 Å². The van der Waals surface area contributed by atoms with Crippen LogP contribution in [0.15, 0.2) is 36.4 Å². The normalized spacial score (nSPS) is 19.9. The van der Waals surface area contributed by atoms with Gasteiger partial charge in [0.15, 0.2) is 0 Å². The van der Waals surface area contributed by atoms with Crippen molar-refractivity contribution in [3.8, 4) is 0 Å². The number of amides is 1. The molecule has 1 saturated heterocycles. The van der Waals surface area contributed by atoms with E-state index in [-0.39, 0.29) is 17.7 Å². The largest absolute Gasteiger partial charge is 0.439 e. The zero-order valence-electron chi connectivity index (χ0n) is 15.7. The second-order valence-electron chi connectivity index (χ2n) is 7.11. The van der Waals surface area contributed by atoms with Gasteiger partial charge in [0, 0.05) is 3.57 Å². The molecule has 0 N–H and O–H groups in total. The fourth-order valence-corrected chi connectivity index (χ4v) is 3.86. The van der Waals surface area contributed by atoms with Crippen LogP contribution >= 0.6 is 22.6 Å². The van der Waals surface area contributed by atoms with E-state index in [1.165, 1.54) is 24.0 Å². The lowest BCUT2D eigenvalue weighted by Crippen LogP contribution is -2.32. The molecule has 162 valence electrons. The Kier molecular flexibility index (Phi) is 6.00. The van der Waals surface area contributed by atoms with Gasteiger partial charge in [0.25, 0.3) is 0 Å². The number of nitrogens with zero attached hydrogens (tertiary/aromatic N) is 1. The minimum absolute atomic E-state index is 0.156. The Morgan fingerprint density at radius 3 is 2.23 bits per heavy atom. The number of aryl methyl sites for hydroxylation is 1. The summed E-state index contributed by atoms with van der Waals surface area (Å²) in [6.45, 7) is 2.94. The molecule has 1 aliphatic heterocycles. The first-order valence-corrected chi connectivity index (χ1v) is 9.87. The Hall–Kier alpha value is -1.98. The van der Waals surface area contributed by atoms with Crippen LogP contribution in [0.5, 0.6) is 0 Å². The van der Waals surface area contributed by atoms with Crippen LogP contribution in [0.3, 0.4) is 0 Å². The van der Waals surface area contributed by atoms with E-state index in [9.17, 15) is 31.1 Å². The van der Waals surface area contributed by atoms with E-state index >= 15 is 0 Å². The van der Waals surface area contributed by atoms with Gasteiger partial charge in [-0.2, -0.15) is 26.3 Å². The number of hydrogen-bond acceptors (Lipinski definition) is 2. The van der Waals surface area contributed by atoms with E-state index < -0.39 is 41.7 Å². The molecule has 0 bridgehead atoms. The highest BCUT2D eigenvalue weighted by molar-refractivity contribution is 14.1. The molecule has 0 radical (unpaired) electrons. The third-order valence-electron chi connectivity index (χ3n) is 4.86. The van der Waals surface area contributed by atoms with Gasteiger partial charge < -0.3 is 4.74 Å². The molecule has 10 heteroatoms. The van der Waals surface area contributed by atoms with Crippen LogP contribution in [0, 0.1) is 10.5 Å². The first kappa shape index (κ1) is 22.7. The van der Waals surface area contributed by atoms with Crippen LogP contribution in [0.25, 0.3) is 0 Å². The SMILES string of the molecule is Cc1cc([C@H]2OC(=O)N(Cc3cc(C(F)(F)F)ccc3I)[C@H]2C)cc(C(F)(F)F)c1. The Bertz CT molecular complexity index is 973. The molecule has 1 aliphatic rings. The van der Waals surface area contributed by atoms with Gasteiger partial charge in [-0.25, -0.2) is 4.79 Å². The van der Waals surface area contributed by atoms with Crippen LogP contribution in [-0.4, -0.2) is 17.0 Å². The van der Waals surface area contributed by atoms with Gasteiger partial charge in [-0.05, 0) is 77.9 Å². The molecule has 0 saturated carbocycles. The molecule has 1 fully saturated rings. The van der Waals surface area contributed by atoms with E-state index in [4.69, 9.17) is 4.74 Å². The molecule has 0 spiro atoms. The van der Waals surface area contributed by atoms with E-state index in [2.05, 4.69) is 0 Å². The number of cyclic esters (lactones) is 1. The number of halogens is 7. The standard InChI is InChI=1S/C20H16F6INO2/c1-10-5-12(7-15(6-10)20(24,25)26)17-11(2)28(18(29)30-17)9-13-8-14(19(21,22)23)3-4-16(13)27/h3-8,11,17H,9H2,1-2H3/t11-,17-/m0/s1. The summed E-state index contributed by atoms with van der Waals surface area (Å²) in [4.78, 5) is 13.6. The monoisotopic (exact) mass is 543 g/mol. The maximum Gasteiger partial charge on any atom is 0.416 e. The number of hydrogen-bond donors (Lipinski definition) is 0. The number of carbonyl (C=O) groups is 1. The highest BCUT2D eigenvalue weighted by Gasteiger charge is 2.41. The minimum Gasteiger partial charge on any atom is -0.439 e. The Labute approximate surface area is 182 Å². The number of benzene rings is 2. The summed E-state index contributed by atoms with van der Waals surface area (Å²) in [5.74, 6) is 0. The first-order valence-electron chi connectivity index (χ1n) is 8.79. The minimum atomic E-state index is -4.56. The zero-order valence-corrected chi connectivity index (χ0v) is 17.9. The maximum absolute atomic E-state index is 13.1. The van der Waals surface area contributed by atoms with Crippen molar-refractivity contribution in [2.24, 2.45) is 0 Å². The van der Waals surface area contributed by atoms with Crippen LogP contribution in [-0.2, 0) is 23.6 Å². The highest BCUT2D eigenvalue weighted by Crippen LogP contribution is 2.38. The van der Waals surface area contributed by atoms with Crippen molar-refractivity contribution in [2.45, 2.75) is 44.9 Å². The topological polar surface area (TPSA) is 29.5 Å². The van der Waals surface area contributed by atoms with Gasteiger partial charge in [0.05, 0.1) is 23.7 Å². The molecule has 3 nitrogen and oxygen atoms in total. The van der Waals surface area contributed by atoms with Gasteiger partial charge in [-0.15, -0.1) is 0 Å². The summed E-state index contributed by atoms with van der Waals surface area (Å²) >= 11 is 1.87. The van der Waals surface area contributed by atoms with Gasteiger partial charge >= 0.3 is 18.4 Å². The molecule has 2 aromatic carbocycles. The summed E-state index contributed by atoms with van der Waals surface area (Å²) in [6.07, 6.45) is -10.9. The Morgan fingerprint density at radius 1 is 1.00 bits per heavy atom. The molecular formula is C20H16F6INO2. The quantitative estimate of drug-likeness (QED) is 0.318. The summed E-state index contributed by atoms with van der Waals surface area (Å²) in [6, 6.07) is 5.96. The second-order valence-corrected chi connectivity index (χ2v) is 8.27. The smallest absolute Gasteiger partial charge is 0.416 e. The average molecular weight is 543 g/mol. The third-order valence-corrected chi connectivity index (χ3v) is 5.91. The second kappa shape index (κ2) is 7.93. The van der Waals surface area contributed by atoms with Crippen molar-refractivity contribution < 1.29 is 35.9 Å². The zero-order chi connectivity index (χ0) is 22.4. The summed E-state index contributed by atoms with van der Waals surface area (Å²) in [5, 5.41) is 0. The average Bonchev–Trinajstić information content (AvgIpc) is 2.89. The van der Waals surface area contributed by atoms with E-state index in [1.54, 1.807) is 6.92 Å². The van der Waals surface area contributed by atoms with Crippen molar-refractivity contribution >= 4 is 28.7 Å². The summed E-state index contributed by atoms with van der Waals surface area (Å²) in [5.41, 5.74) is -0.886. The van der Waals surface area contributed by atoms with Gasteiger partial charge in [-0.3, -0.25) is 4.90 Å². The van der Waals surface area contributed by atoms with Crippen molar-refractivity contribution in [3.05, 3.63) is 67.8 Å². The fraction of sp³-hybridized carbons (Fsp3) is 0.350. The fourth-order valence-electron chi connectivity index (χ4n) is 3.36. The lowest BCUT2D eigenvalue weighted by Gasteiger charge is -2.23. The number of ether oxygens (including phenoxy) is 1. The first-order chi connectivity index (χ1) is 13.8. The molecule has 1 amide bonds. The lowest BCUT2D eigenvalue weighted by atomic mass is 9.98. The van der Waals surface area contributed by atoms with Crippen molar-refractivity contribution in [3.63, 3.8) is 0 Å². The van der Waals surface area contributed by atoms with Crippen LogP contribution in [0.4, 0.5) is 31.1 Å². The van der Waals surface area contributed by atoms with Crippen molar-refractivity contribution in [1.82, 2.24) is 4.90 Å². The van der Waals surface area contributed by atoms with Crippen LogP contribution in [0.2, 0.25) is 0 Å². The van der Waals surface area contributed by atoms with Crippen LogP contribution in [0.1, 0.15) is 40.8 Å². The van der Waals surface area contributed by atoms with E-state index in [1.807, 2.05) is 22.6 Å². The lowest BCUT2D eigenvalue weighted by molar-refractivity contribution is -0.138. The van der Waals surface area contributed by atoms with Gasteiger partial charge in [0.2, 0.25) is 0 Å². The highest BCUT2D eigenvalue weighted by atomic mass is 127. The molecular weight excluding hydrogens is 527 g/mol. The molecule has 0 aliphatic carbocycles. The molecule has 3 rings (SSSR count). The molecule has 30 heavy (non-hydrogen) atoms. The molecule has 2 atom stereocenters. The molecule has 0 aromatic heterocycles. The summed E-state index contributed by atoms with van der Waals surface area (Å²) < 4.78 is 84.3. The van der Waals surface area contributed by atoms with Gasteiger partial charge in [-0.1, -0.05) is 11.6 Å². The van der Waals surface area contributed by atoms with Crippen molar-refractivity contribution in [1.29, 1.82) is 0 Å². The third kappa shape index (κ3) is 4.68. The number of alkyl halides is 6. The van der Waals surface area contributed by atoms with Crippen LogP contribution < -0.4 is 0 Å². The maximum atomic E-state index is 13.1. The van der Waals surface area contributed by atoms with Crippen molar-refractivity contribution in [2.75, 3.05) is 0 Å². The predicted octanol–water partition coefficient (Wildman–Crippen LogP) is 6.72. The Balaban J connectivity index is 1.90. The number of carbonyl (C=O) groups excluding carboxylic acids is 1. The molecule has 2 aromatic rings. The van der Waals surface area contributed by atoms with Gasteiger partial charge in [0.1, 0.15) is 6.10 Å². The molecule has 1 heterocycles. The number of rotatable bonds is 3. The molecule has 0 unspecified atom stereocenters.